The molecule has 2 aliphatic rings. The molecule has 10 heteroatoms. The number of hydroxylamine groups is 2. The summed E-state index contributed by atoms with van der Waals surface area (Å²) in [6, 6.07) is 7.42. The van der Waals surface area contributed by atoms with Gasteiger partial charge < -0.3 is 10.2 Å². The molecule has 1 aromatic carbocycles. The van der Waals surface area contributed by atoms with Crippen molar-refractivity contribution in [3.8, 4) is 0 Å². The Bertz CT molecular complexity index is 738. The van der Waals surface area contributed by atoms with Gasteiger partial charge in [0, 0.05) is 13.1 Å². The summed E-state index contributed by atoms with van der Waals surface area (Å²) in [5.74, 6) is -0.306. The second-order valence-corrected chi connectivity index (χ2v) is 6.72. The zero-order valence-corrected chi connectivity index (χ0v) is 13.5. The van der Waals surface area contributed by atoms with E-state index in [1.165, 1.54) is 4.90 Å². The third kappa shape index (κ3) is 3.50. The molecule has 130 valence electrons. The molecule has 0 aromatic heterocycles. The first-order valence-corrected chi connectivity index (χ1v) is 8.80. The second-order valence-electron chi connectivity index (χ2n) is 5.71. The lowest BCUT2D eigenvalue weighted by molar-refractivity contribution is -0.126. The topological polar surface area (TPSA) is 116 Å². The van der Waals surface area contributed by atoms with Gasteiger partial charge in [0.05, 0.1) is 6.04 Å². The summed E-state index contributed by atoms with van der Waals surface area (Å²) in [7, 11) is -4.79. The van der Waals surface area contributed by atoms with E-state index in [9.17, 15) is 18.0 Å². The quantitative estimate of drug-likeness (QED) is 0.734. The number of benzene rings is 1. The van der Waals surface area contributed by atoms with Crippen LogP contribution in [0.25, 0.3) is 0 Å². The maximum absolute atomic E-state index is 12.4. The van der Waals surface area contributed by atoms with Crippen LogP contribution >= 0.6 is 0 Å². The van der Waals surface area contributed by atoms with Crippen molar-refractivity contribution >= 4 is 22.3 Å². The summed E-state index contributed by atoms with van der Waals surface area (Å²) < 4.78 is 34.8. The summed E-state index contributed by atoms with van der Waals surface area (Å²) in [5.41, 5.74) is 0.934. The van der Waals surface area contributed by atoms with Gasteiger partial charge in [0.25, 0.3) is 0 Å². The molecule has 1 aromatic rings. The van der Waals surface area contributed by atoms with Gasteiger partial charge in [-0.15, -0.1) is 4.28 Å². The van der Waals surface area contributed by atoms with Gasteiger partial charge in [0.1, 0.15) is 6.04 Å². The van der Waals surface area contributed by atoms with Gasteiger partial charge in [-0.25, -0.2) is 4.79 Å². The fraction of sp³-hybridized carbons (Fsp3) is 0.429. The van der Waals surface area contributed by atoms with Crippen LogP contribution in [0.1, 0.15) is 18.4 Å². The lowest BCUT2D eigenvalue weighted by Gasteiger charge is -2.29. The summed E-state index contributed by atoms with van der Waals surface area (Å²) in [5, 5.41) is 3.40. The number of amides is 3. The average Bonchev–Trinajstić information content (AvgIpc) is 2.77. The minimum absolute atomic E-state index is 0.178. The molecule has 0 spiro atoms. The van der Waals surface area contributed by atoms with Crippen molar-refractivity contribution in [1.29, 1.82) is 0 Å². The number of carbonyl (C=O) groups is 2. The number of fused-ring (bicyclic) bond motifs is 2. The Labute approximate surface area is 139 Å². The molecule has 0 saturated carbocycles. The third-order valence-corrected chi connectivity index (χ3v) is 4.46. The van der Waals surface area contributed by atoms with Crippen LogP contribution in [0.3, 0.4) is 0 Å². The van der Waals surface area contributed by atoms with E-state index in [4.69, 9.17) is 4.55 Å². The summed E-state index contributed by atoms with van der Waals surface area (Å²) in [4.78, 5) is 25.9. The highest BCUT2D eigenvalue weighted by molar-refractivity contribution is 7.80. The standard InChI is InChI=1S/C14H17N3O6S/c18-13(15-8-10-4-2-1-3-5-10)12-7-6-11-9-16(12)14(19)17(11)23-24(20,21)22/h1-5,11-12H,6-9H2,(H,15,18)(H,20,21,22)/t11-,12-/m1/s1. The Kier molecular flexibility index (Phi) is 4.43. The number of nitrogens with one attached hydrogen (secondary N) is 1. The van der Waals surface area contributed by atoms with Crippen molar-refractivity contribution in [3.05, 3.63) is 35.9 Å². The zero-order valence-electron chi connectivity index (χ0n) is 12.7. The smallest absolute Gasteiger partial charge is 0.350 e. The van der Waals surface area contributed by atoms with Gasteiger partial charge >= 0.3 is 16.4 Å². The number of rotatable bonds is 5. The molecule has 24 heavy (non-hydrogen) atoms. The SMILES string of the molecule is O=C(NCc1ccccc1)[C@H]1CC[C@@H]2CN1C(=O)N2OS(=O)(=O)O. The normalized spacial score (nSPS) is 23.5. The molecule has 2 bridgehead atoms. The summed E-state index contributed by atoms with van der Waals surface area (Å²) in [6.45, 7) is 0.518. The third-order valence-electron chi connectivity index (χ3n) is 4.11. The minimum Gasteiger partial charge on any atom is -0.350 e. The Morgan fingerprint density at radius 3 is 2.67 bits per heavy atom. The van der Waals surface area contributed by atoms with E-state index in [1.54, 1.807) is 0 Å². The molecule has 3 amide bonds. The molecule has 2 heterocycles. The first kappa shape index (κ1) is 16.7. The van der Waals surface area contributed by atoms with E-state index < -0.39 is 28.5 Å². The summed E-state index contributed by atoms with van der Waals surface area (Å²) >= 11 is 0. The minimum atomic E-state index is -4.79. The predicted molar refractivity (Wildman–Crippen MR) is 81.7 cm³/mol. The molecule has 0 radical (unpaired) electrons. The molecule has 2 atom stereocenters. The lowest BCUT2D eigenvalue weighted by Crippen LogP contribution is -2.49. The van der Waals surface area contributed by atoms with Crippen molar-refractivity contribution in [2.45, 2.75) is 31.5 Å². The average molecular weight is 355 g/mol. The maximum atomic E-state index is 12.4. The highest BCUT2D eigenvalue weighted by Gasteiger charge is 2.49. The predicted octanol–water partition coefficient (Wildman–Crippen LogP) is 0.306. The van der Waals surface area contributed by atoms with Gasteiger partial charge in [0.2, 0.25) is 5.91 Å². The molecule has 3 rings (SSSR count). The van der Waals surface area contributed by atoms with Crippen molar-refractivity contribution in [2.75, 3.05) is 6.54 Å². The van der Waals surface area contributed by atoms with Gasteiger partial charge in [0.15, 0.2) is 0 Å². The van der Waals surface area contributed by atoms with E-state index in [-0.39, 0.29) is 12.5 Å². The number of piperidine rings is 1. The largest absolute Gasteiger partial charge is 0.418 e. The van der Waals surface area contributed by atoms with Gasteiger partial charge in [-0.3, -0.25) is 9.35 Å². The van der Waals surface area contributed by atoms with Crippen molar-refractivity contribution in [1.82, 2.24) is 15.3 Å². The van der Waals surface area contributed by atoms with E-state index >= 15 is 0 Å². The van der Waals surface area contributed by atoms with E-state index in [2.05, 4.69) is 9.60 Å². The van der Waals surface area contributed by atoms with Crippen molar-refractivity contribution in [2.24, 2.45) is 0 Å². The molecule has 2 saturated heterocycles. The molecule has 2 N–H and O–H groups in total. The Morgan fingerprint density at radius 1 is 1.29 bits per heavy atom. The van der Waals surface area contributed by atoms with Crippen LogP contribution in [0.15, 0.2) is 30.3 Å². The van der Waals surface area contributed by atoms with Crippen LogP contribution in [0.4, 0.5) is 4.79 Å². The number of nitrogens with zero attached hydrogens (tertiary/aromatic N) is 2. The molecule has 0 aliphatic carbocycles. The maximum Gasteiger partial charge on any atom is 0.418 e. The van der Waals surface area contributed by atoms with E-state index in [0.29, 0.717) is 24.4 Å². The van der Waals surface area contributed by atoms with Gasteiger partial charge in [-0.2, -0.15) is 13.5 Å². The fourth-order valence-electron chi connectivity index (χ4n) is 3.01. The molecular weight excluding hydrogens is 338 g/mol. The summed E-state index contributed by atoms with van der Waals surface area (Å²) in [6.07, 6.45) is 0.795. The fourth-order valence-corrected chi connectivity index (χ4v) is 3.40. The lowest BCUT2D eigenvalue weighted by atomic mass is 10.0. The monoisotopic (exact) mass is 355 g/mol. The van der Waals surface area contributed by atoms with Crippen LogP contribution in [0, 0.1) is 0 Å². The molecule has 9 nitrogen and oxygen atoms in total. The van der Waals surface area contributed by atoms with Gasteiger partial charge in [-0.1, -0.05) is 30.3 Å². The Morgan fingerprint density at radius 2 is 2.00 bits per heavy atom. The zero-order chi connectivity index (χ0) is 17.3. The van der Waals surface area contributed by atoms with Crippen LogP contribution < -0.4 is 5.32 Å². The number of hydrogen-bond acceptors (Lipinski definition) is 5. The molecular formula is C14H17N3O6S. The van der Waals surface area contributed by atoms with Gasteiger partial charge in [-0.05, 0) is 18.4 Å². The number of hydrogen-bond donors (Lipinski definition) is 2. The highest BCUT2D eigenvalue weighted by atomic mass is 32.3. The first-order chi connectivity index (χ1) is 11.3. The number of urea groups is 1. The van der Waals surface area contributed by atoms with Crippen molar-refractivity contribution < 1.29 is 26.8 Å². The second kappa shape index (κ2) is 6.38. The van der Waals surface area contributed by atoms with Crippen molar-refractivity contribution in [3.63, 3.8) is 0 Å². The number of carbonyl (C=O) groups excluding carboxylic acids is 2. The van der Waals surface area contributed by atoms with Crippen LogP contribution in [-0.4, -0.2) is 53.5 Å². The van der Waals surface area contributed by atoms with Crippen LogP contribution in [0.5, 0.6) is 0 Å². The van der Waals surface area contributed by atoms with E-state index in [0.717, 1.165) is 5.56 Å². The first-order valence-electron chi connectivity index (χ1n) is 7.43. The highest BCUT2D eigenvalue weighted by Crippen LogP contribution is 2.30. The molecule has 2 aliphatic heterocycles. The van der Waals surface area contributed by atoms with E-state index in [1.807, 2.05) is 30.3 Å². The Balaban J connectivity index is 1.64. The van der Waals surface area contributed by atoms with Crippen LogP contribution in [-0.2, 0) is 26.0 Å². The molecule has 2 fully saturated rings. The van der Waals surface area contributed by atoms with Crippen LogP contribution in [0.2, 0.25) is 0 Å². The Hall–Kier alpha value is -2.17. The molecule has 0 unspecified atom stereocenters.